The highest BCUT2D eigenvalue weighted by molar-refractivity contribution is 6.42. The SMILES string of the molecule is NC(c1ccc(Cl)c(Cl)c1)C1CCCCC1. The van der Waals surface area contributed by atoms with Gasteiger partial charge in [-0.15, -0.1) is 0 Å². The Balaban J connectivity index is 2.12. The van der Waals surface area contributed by atoms with Gasteiger partial charge in [-0.25, -0.2) is 0 Å². The van der Waals surface area contributed by atoms with Crippen LogP contribution in [-0.2, 0) is 0 Å². The molecule has 2 rings (SSSR count). The zero-order valence-corrected chi connectivity index (χ0v) is 10.8. The largest absolute Gasteiger partial charge is 0.324 e. The molecule has 1 aromatic carbocycles. The smallest absolute Gasteiger partial charge is 0.0595 e. The van der Waals surface area contributed by atoms with Crippen LogP contribution in [0.2, 0.25) is 10.0 Å². The summed E-state index contributed by atoms with van der Waals surface area (Å²) in [6, 6.07) is 5.84. The van der Waals surface area contributed by atoms with Crippen LogP contribution < -0.4 is 5.73 Å². The fourth-order valence-corrected chi connectivity index (χ4v) is 2.79. The summed E-state index contributed by atoms with van der Waals surface area (Å²) < 4.78 is 0. The van der Waals surface area contributed by atoms with E-state index < -0.39 is 0 Å². The molecule has 1 aliphatic rings. The van der Waals surface area contributed by atoms with E-state index in [4.69, 9.17) is 28.9 Å². The van der Waals surface area contributed by atoms with Crippen molar-refractivity contribution in [2.75, 3.05) is 0 Å². The molecule has 1 aromatic rings. The lowest BCUT2D eigenvalue weighted by atomic mass is 9.81. The van der Waals surface area contributed by atoms with Gasteiger partial charge in [0.15, 0.2) is 0 Å². The topological polar surface area (TPSA) is 26.0 Å². The molecule has 0 bridgehead atoms. The van der Waals surface area contributed by atoms with Crippen molar-refractivity contribution in [2.45, 2.75) is 38.1 Å². The Hall–Kier alpha value is -0.240. The Morgan fingerprint density at radius 2 is 1.75 bits per heavy atom. The molecule has 0 aromatic heterocycles. The summed E-state index contributed by atoms with van der Waals surface area (Å²) in [5, 5.41) is 1.20. The number of hydrogen-bond donors (Lipinski definition) is 1. The highest BCUT2D eigenvalue weighted by atomic mass is 35.5. The Morgan fingerprint density at radius 3 is 2.38 bits per heavy atom. The first-order valence-corrected chi connectivity index (χ1v) is 6.64. The zero-order chi connectivity index (χ0) is 11.5. The van der Waals surface area contributed by atoms with Crippen LogP contribution in [0.4, 0.5) is 0 Å². The molecule has 0 radical (unpaired) electrons. The van der Waals surface area contributed by atoms with Gasteiger partial charge in [-0.3, -0.25) is 0 Å². The van der Waals surface area contributed by atoms with Gasteiger partial charge in [0.05, 0.1) is 10.0 Å². The molecule has 88 valence electrons. The van der Waals surface area contributed by atoms with Crippen LogP contribution >= 0.6 is 23.2 Å². The van der Waals surface area contributed by atoms with E-state index in [1.165, 1.54) is 32.1 Å². The molecule has 0 amide bonds. The third-order valence-electron chi connectivity index (χ3n) is 3.49. The molecule has 1 nitrogen and oxygen atoms in total. The molecule has 0 heterocycles. The number of rotatable bonds is 2. The predicted octanol–water partition coefficient (Wildman–Crippen LogP) is 4.57. The Bertz CT molecular complexity index is 359. The van der Waals surface area contributed by atoms with E-state index in [1.54, 1.807) is 0 Å². The van der Waals surface area contributed by atoms with Gasteiger partial charge in [0.1, 0.15) is 0 Å². The summed E-state index contributed by atoms with van der Waals surface area (Å²) in [4.78, 5) is 0. The highest BCUT2D eigenvalue weighted by Gasteiger charge is 2.22. The Morgan fingerprint density at radius 1 is 1.06 bits per heavy atom. The normalized spacial score (nSPS) is 19.7. The molecule has 1 saturated carbocycles. The van der Waals surface area contributed by atoms with E-state index in [9.17, 15) is 0 Å². The summed E-state index contributed by atoms with van der Waals surface area (Å²) in [5.41, 5.74) is 7.40. The minimum absolute atomic E-state index is 0.107. The lowest BCUT2D eigenvalue weighted by molar-refractivity contribution is 0.308. The quantitative estimate of drug-likeness (QED) is 0.825. The lowest BCUT2D eigenvalue weighted by Gasteiger charge is -2.27. The van der Waals surface area contributed by atoms with Gasteiger partial charge < -0.3 is 5.73 Å². The van der Waals surface area contributed by atoms with Crippen LogP contribution in [0.15, 0.2) is 18.2 Å². The minimum atomic E-state index is 0.107. The van der Waals surface area contributed by atoms with Crippen molar-refractivity contribution in [3.63, 3.8) is 0 Å². The maximum absolute atomic E-state index is 6.29. The van der Waals surface area contributed by atoms with Crippen molar-refractivity contribution >= 4 is 23.2 Å². The minimum Gasteiger partial charge on any atom is -0.324 e. The molecule has 0 aliphatic heterocycles. The average molecular weight is 258 g/mol. The average Bonchev–Trinajstić information content (AvgIpc) is 2.33. The molecular formula is C13H17Cl2N. The zero-order valence-electron chi connectivity index (χ0n) is 9.26. The predicted molar refractivity (Wildman–Crippen MR) is 70.0 cm³/mol. The Labute approximate surface area is 107 Å². The molecule has 3 heteroatoms. The molecule has 2 N–H and O–H groups in total. The molecule has 0 saturated heterocycles. The summed E-state index contributed by atoms with van der Waals surface area (Å²) >= 11 is 11.9. The van der Waals surface area contributed by atoms with Crippen molar-refractivity contribution in [3.05, 3.63) is 33.8 Å². The van der Waals surface area contributed by atoms with E-state index in [-0.39, 0.29) is 6.04 Å². The van der Waals surface area contributed by atoms with Gasteiger partial charge in [-0.2, -0.15) is 0 Å². The van der Waals surface area contributed by atoms with Crippen LogP contribution in [-0.4, -0.2) is 0 Å². The van der Waals surface area contributed by atoms with Crippen molar-refractivity contribution < 1.29 is 0 Å². The lowest BCUT2D eigenvalue weighted by Crippen LogP contribution is -2.23. The first-order valence-electron chi connectivity index (χ1n) is 5.89. The van der Waals surface area contributed by atoms with E-state index >= 15 is 0 Å². The van der Waals surface area contributed by atoms with Gasteiger partial charge >= 0.3 is 0 Å². The van der Waals surface area contributed by atoms with E-state index in [2.05, 4.69) is 0 Å². The van der Waals surface area contributed by atoms with Crippen LogP contribution in [0.25, 0.3) is 0 Å². The molecule has 0 spiro atoms. The van der Waals surface area contributed by atoms with E-state index in [1.807, 2.05) is 18.2 Å². The van der Waals surface area contributed by atoms with Crippen molar-refractivity contribution in [2.24, 2.45) is 11.7 Å². The second kappa shape index (κ2) is 5.39. The van der Waals surface area contributed by atoms with Gasteiger partial charge in [0, 0.05) is 6.04 Å². The van der Waals surface area contributed by atoms with Gasteiger partial charge in [-0.05, 0) is 36.5 Å². The van der Waals surface area contributed by atoms with E-state index in [0.717, 1.165) is 5.56 Å². The standard InChI is InChI=1S/C13H17Cl2N/c14-11-7-6-10(8-12(11)15)13(16)9-4-2-1-3-5-9/h6-9,13H,1-5,16H2. The van der Waals surface area contributed by atoms with Gasteiger partial charge in [0.25, 0.3) is 0 Å². The second-order valence-corrected chi connectivity index (χ2v) is 5.41. The number of halogens is 2. The maximum Gasteiger partial charge on any atom is 0.0595 e. The highest BCUT2D eigenvalue weighted by Crippen LogP contribution is 2.34. The third kappa shape index (κ3) is 2.71. The molecule has 1 unspecified atom stereocenters. The third-order valence-corrected chi connectivity index (χ3v) is 4.23. The van der Waals surface area contributed by atoms with E-state index in [0.29, 0.717) is 16.0 Å². The van der Waals surface area contributed by atoms with Gasteiger partial charge in [-0.1, -0.05) is 48.5 Å². The van der Waals surface area contributed by atoms with Crippen molar-refractivity contribution in [3.8, 4) is 0 Å². The first kappa shape index (κ1) is 12.2. The molecular weight excluding hydrogens is 241 g/mol. The van der Waals surface area contributed by atoms with Crippen LogP contribution in [0.1, 0.15) is 43.7 Å². The molecule has 1 aliphatic carbocycles. The number of hydrogen-bond acceptors (Lipinski definition) is 1. The fourth-order valence-electron chi connectivity index (χ4n) is 2.49. The van der Waals surface area contributed by atoms with Gasteiger partial charge in [0.2, 0.25) is 0 Å². The van der Waals surface area contributed by atoms with Crippen LogP contribution in [0, 0.1) is 5.92 Å². The molecule has 1 fully saturated rings. The van der Waals surface area contributed by atoms with Crippen molar-refractivity contribution in [1.82, 2.24) is 0 Å². The van der Waals surface area contributed by atoms with Crippen LogP contribution in [0.3, 0.4) is 0 Å². The molecule has 1 atom stereocenters. The van der Waals surface area contributed by atoms with Crippen molar-refractivity contribution in [1.29, 1.82) is 0 Å². The number of nitrogens with two attached hydrogens (primary N) is 1. The first-order chi connectivity index (χ1) is 7.68. The second-order valence-electron chi connectivity index (χ2n) is 4.60. The van der Waals surface area contributed by atoms with Crippen LogP contribution in [0.5, 0.6) is 0 Å². The fraction of sp³-hybridized carbons (Fsp3) is 0.538. The maximum atomic E-state index is 6.29. The summed E-state index contributed by atoms with van der Waals surface area (Å²) in [6.45, 7) is 0. The summed E-state index contributed by atoms with van der Waals surface area (Å²) in [7, 11) is 0. The number of benzene rings is 1. The Kier molecular flexibility index (Phi) is 4.12. The monoisotopic (exact) mass is 257 g/mol. The molecule has 16 heavy (non-hydrogen) atoms. The summed E-state index contributed by atoms with van der Waals surface area (Å²) in [5.74, 6) is 0.603. The summed E-state index contributed by atoms with van der Waals surface area (Å²) in [6.07, 6.45) is 6.44.